The molecule has 1 aliphatic rings. The Kier molecular flexibility index (Phi) is 5.55. The minimum atomic E-state index is -1.02. The summed E-state index contributed by atoms with van der Waals surface area (Å²) >= 11 is 0. The van der Waals surface area contributed by atoms with Gasteiger partial charge in [0.1, 0.15) is 0 Å². The van der Waals surface area contributed by atoms with E-state index in [-0.39, 0.29) is 12.0 Å². The lowest BCUT2D eigenvalue weighted by molar-refractivity contribution is -0.137. The number of rotatable bonds is 6. The second-order valence-corrected chi connectivity index (χ2v) is 5.24. The summed E-state index contributed by atoms with van der Waals surface area (Å²) in [6.45, 7) is 2.16. The number of benzene rings is 1. The predicted molar refractivity (Wildman–Crippen MR) is 78.0 cm³/mol. The standard InChI is InChI=1S/C15H22N2O4/c1-20-14(21-2)12-9-17(10-13(12)16-15(18)19)8-11-6-4-3-5-7-11/h3-7,12-14,16H,8-10H2,1-2H3,(H,18,19)/t12-,13+/m1/s1. The molecule has 116 valence electrons. The van der Waals surface area contributed by atoms with Crippen molar-refractivity contribution in [3.63, 3.8) is 0 Å². The van der Waals surface area contributed by atoms with E-state index in [2.05, 4.69) is 22.3 Å². The van der Waals surface area contributed by atoms with Crippen LogP contribution in [0.15, 0.2) is 30.3 Å². The quantitative estimate of drug-likeness (QED) is 0.776. The molecule has 0 bridgehead atoms. The van der Waals surface area contributed by atoms with Gasteiger partial charge in [0, 0.05) is 39.8 Å². The maximum Gasteiger partial charge on any atom is 0.404 e. The van der Waals surface area contributed by atoms with E-state index in [9.17, 15) is 4.79 Å². The summed E-state index contributed by atoms with van der Waals surface area (Å²) < 4.78 is 10.6. The number of ether oxygens (including phenoxy) is 2. The molecule has 0 saturated carbocycles. The zero-order chi connectivity index (χ0) is 15.2. The second kappa shape index (κ2) is 7.40. The van der Waals surface area contributed by atoms with E-state index in [1.54, 1.807) is 14.2 Å². The van der Waals surface area contributed by atoms with Gasteiger partial charge in [0.25, 0.3) is 0 Å². The van der Waals surface area contributed by atoms with Crippen LogP contribution in [0, 0.1) is 5.92 Å². The molecule has 1 fully saturated rings. The molecule has 1 amide bonds. The number of carbonyl (C=O) groups is 1. The molecule has 0 aliphatic carbocycles. The Labute approximate surface area is 124 Å². The zero-order valence-electron chi connectivity index (χ0n) is 12.4. The second-order valence-electron chi connectivity index (χ2n) is 5.24. The van der Waals surface area contributed by atoms with Gasteiger partial charge in [-0.2, -0.15) is 0 Å². The maximum atomic E-state index is 11.0. The molecule has 1 aromatic rings. The molecule has 1 aromatic carbocycles. The van der Waals surface area contributed by atoms with Crippen molar-refractivity contribution in [1.82, 2.24) is 10.2 Å². The SMILES string of the molecule is COC(OC)[C@@H]1CN(Cc2ccccc2)C[C@@H]1NC(=O)O. The van der Waals surface area contributed by atoms with E-state index in [0.29, 0.717) is 6.54 Å². The zero-order valence-corrected chi connectivity index (χ0v) is 12.4. The van der Waals surface area contributed by atoms with E-state index in [1.165, 1.54) is 5.56 Å². The van der Waals surface area contributed by atoms with Crippen LogP contribution in [0.25, 0.3) is 0 Å². The van der Waals surface area contributed by atoms with Crippen molar-refractivity contribution < 1.29 is 19.4 Å². The van der Waals surface area contributed by atoms with E-state index in [1.807, 2.05) is 18.2 Å². The normalized spacial score (nSPS) is 22.6. The van der Waals surface area contributed by atoms with Gasteiger partial charge in [-0.3, -0.25) is 4.90 Å². The Morgan fingerprint density at radius 3 is 2.57 bits per heavy atom. The fraction of sp³-hybridized carbons (Fsp3) is 0.533. The highest BCUT2D eigenvalue weighted by Crippen LogP contribution is 2.24. The minimum absolute atomic E-state index is 0.0280. The monoisotopic (exact) mass is 294 g/mol. The third-order valence-corrected chi connectivity index (χ3v) is 3.81. The summed E-state index contributed by atoms with van der Waals surface area (Å²) in [6.07, 6.45) is -1.43. The summed E-state index contributed by atoms with van der Waals surface area (Å²) in [4.78, 5) is 13.2. The van der Waals surface area contributed by atoms with Crippen LogP contribution in [0.2, 0.25) is 0 Å². The van der Waals surface area contributed by atoms with Crippen molar-refractivity contribution >= 4 is 6.09 Å². The molecule has 6 nitrogen and oxygen atoms in total. The van der Waals surface area contributed by atoms with Crippen molar-refractivity contribution in [3.05, 3.63) is 35.9 Å². The van der Waals surface area contributed by atoms with Gasteiger partial charge >= 0.3 is 6.09 Å². The largest absolute Gasteiger partial charge is 0.465 e. The van der Waals surface area contributed by atoms with Gasteiger partial charge < -0.3 is 19.9 Å². The van der Waals surface area contributed by atoms with Crippen LogP contribution in [0.5, 0.6) is 0 Å². The molecule has 0 spiro atoms. The van der Waals surface area contributed by atoms with Crippen LogP contribution in [-0.2, 0) is 16.0 Å². The predicted octanol–water partition coefficient (Wildman–Crippen LogP) is 1.37. The van der Waals surface area contributed by atoms with Crippen molar-refractivity contribution in [2.24, 2.45) is 5.92 Å². The number of methoxy groups -OCH3 is 2. The first kappa shape index (κ1) is 15.8. The molecule has 1 aliphatic heterocycles. The van der Waals surface area contributed by atoms with Crippen LogP contribution in [0.1, 0.15) is 5.56 Å². The first-order chi connectivity index (χ1) is 10.1. The third kappa shape index (κ3) is 4.17. The summed E-state index contributed by atoms with van der Waals surface area (Å²) in [5, 5.41) is 11.6. The average Bonchev–Trinajstić information content (AvgIpc) is 2.83. The third-order valence-electron chi connectivity index (χ3n) is 3.81. The van der Waals surface area contributed by atoms with Gasteiger partial charge in [0.05, 0.1) is 6.04 Å². The van der Waals surface area contributed by atoms with Crippen molar-refractivity contribution in [2.75, 3.05) is 27.3 Å². The smallest absolute Gasteiger partial charge is 0.404 e. The number of nitrogens with zero attached hydrogens (tertiary/aromatic N) is 1. The van der Waals surface area contributed by atoms with Crippen LogP contribution in [0.4, 0.5) is 4.79 Å². The fourth-order valence-electron chi connectivity index (χ4n) is 2.92. The van der Waals surface area contributed by atoms with Gasteiger partial charge in [0.15, 0.2) is 6.29 Å². The lowest BCUT2D eigenvalue weighted by Gasteiger charge is -2.25. The molecule has 2 rings (SSSR count). The lowest BCUT2D eigenvalue weighted by Crippen LogP contribution is -2.44. The fourth-order valence-corrected chi connectivity index (χ4v) is 2.92. The lowest BCUT2D eigenvalue weighted by atomic mass is 10.0. The van der Waals surface area contributed by atoms with Crippen LogP contribution in [-0.4, -0.2) is 55.7 Å². The summed E-state index contributed by atoms with van der Waals surface area (Å²) in [5.74, 6) is -0.0280. The number of hydrogen-bond donors (Lipinski definition) is 2. The molecule has 6 heteroatoms. The number of amides is 1. The van der Waals surface area contributed by atoms with Crippen LogP contribution >= 0.6 is 0 Å². The highest BCUT2D eigenvalue weighted by molar-refractivity contribution is 5.65. The molecule has 1 saturated heterocycles. The molecule has 0 unspecified atom stereocenters. The topological polar surface area (TPSA) is 71.0 Å². The number of hydrogen-bond acceptors (Lipinski definition) is 4. The van der Waals surface area contributed by atoms with Gasteiger partial charge in [-0.05, 0) is 5.56 Å². The number of carboxylic acid groups (broad SMARTS) is 1. The maximum absolute atomic E-state index is 11.0. The van der Waals surface area contributed by atoms with Crippen molar-refractivity contribution in [1.29, 1.82) is 0 Å². The molecule has 1 heterocycles. The molecule has 2 atom stereocenters. The van der Waals surface area contributed by atoms with Crippen LogP contribution < -0.4 is 5.32 Å². The highest BCUT2D eigenvalue weighted by Gasteiger charge is 2.39. The summed E-state index contributed by atoms with van der Waals surface area (Å²) in [5.41, 5.74) is 1.21. The Morgan fingerprint density at radius 1 is 1.33 bits per heavy atom. The molecular formula is C15H22N2O4. The van der Waals surface area contributed by atoms with E-state index in [0.717, 1.165) is 13.1 Å². The first-order valence-corrected chi connectivity index (χ1v) is 6.95. The van der Waals surface area contributed by atoms with Gasteiger partial charge in [0.2, 0.25) is 0 Å². The van der Waals surface area contributed by atoms with Gasteiger partial charge in [-0.15, -0.1) is 0 Å². The molecule has 21 heavy (non-hydrogen) atoms. The number of nitrogens with one attached hydrogen (secondary N) is 1. The Hall–Kier alpha value is -1.63. The minimum Gasteiger partial charge on any atom is -0.465 e. The van der Waals surface area contributed by atoms with Gasteiger partial charge in [-0.25, -0.2) is 4.79 Å². The van der Waals surface area contributed by atoms with Crippen molar-refractivity contribution in [2.45, 2.75) is 18.9 Å². The van der Waals surface area contributed by atoms with Crippen LogP contribution in [0.3, 0.4) is 0 Å². The average molecular weight is 294 g/mol. The van der Waals surface area contributed by atoms with Crippen molar-refractivity contribution in [3.8, 4) is 0 Å². The summed E-state index contributed by atoms with van der Waals surface area (Å²) in [6, 6.07) is 9.92. The number of likely N-dealkylation sites (tertiary alicyclic amines) is 1. The molecule has 0 radical (unpaired) electrons. The van der Waals surface area contributed by atoms with E-state index >= 15 is 0 Å². The Balaban J connectivity index is 2.04. The van der Waals surface area contributed by atoms with E-state index in [4.69, 9.17) is 14.6 Å². The Bertz CT molecular complexity index is 450. The summed E-state index contributed by atoms with van der Waals surface area (Å²) in [7, 11) is 3.15. The highest BCUT2D eigenvalue weighted by atomic mass is 16.7. The molecule has 0 aromatic heterocycles. The first-order valence-electron chi connectivity index (χ1n) is 6.95. The van der Waals surface area contributed by atoms with Gasteiger partial charge in [-0.1, -0.05) is 30.3 Å². The molecular weight excluding hydrogens is 272 g/mol. The van der Waals surface area contributed by atoms with E-state index < -0.39 is 12.4 Å². The Morgan fingerprint density at radius 2 is 2.00 bits per heavy atom. The molecule has 2 N–H and O–H groups in total.